The minimum atomic E-state index is -0.550. The first-order chi connectivity index (χ1) is 18.2. The van der Waals surface area contributed by atoms with E-state index >= 15 is 0 Å². The van der Waals surface area contributed by atoms with Crippen molar-refractivity contribution in [1.82, 2.24) is 35.0 Å². The zero-order valence-electron chi connectivity index (χ0n) is 22.3. The van der Waals surface area contributed by atoms with Gasteiger partial charge in [-0.3, -0.25) is 9.97 Å². The molecule has 0 saturated carbocycles. The van der Waals surface area contributed by atoms with Crippen molar-refractivity contribution >= 4 is 22.8 Å². The quantitative estimate of drug-likeness (QED) is 0.418. The highest BCUT2D eigenvalue weighted by Crippen LogP contribution is 2.31. The second-order valence-electron chi connectivity index (χ2n) is 10.4. The molecule has 1 amide bonds. The number of methoxy groups -OCH3 is 1. The standard InChI is InChI=1S/C27H32N8O3/c1-17-12-28-15-21(31-17)20-11-22-18(13-29-20)14-30-35(22)24-9-8-23(37-5)25(33-24)34-10-6-7-19(16-34)32-26(36)38-27(2,3)4/h8-9,11-15,19H,6-7,10,16H2,1-5H3,(H,32,36)/t19-/m0/s1. The number of piperidine rings is 1. The topological polar surface area (TPSA) is 120 Å². The maximum atomic E-state index is 12.4. The van der Waals surface area contributed by atoms with E-state index < -0.39 is 11.7 Å². The Hall–Kier alpha value is -4.28. The molecule has 11 nitrogen and oxygen atoms in total. The number of ether oxygens (including phenoxy) is 2. The summed E-state index contributed by atoms with van der Waals surface area (Å²) in [7, 11) is 1.63. The molecule has 0 bridgehead atoms. The number of anilines is 1. The molecule has 0 radical (unpaired) electrons. The van der Waals surface area contributed by atoms with Gasteiger partial charge in [-0.2, -0.15) is 5.10 Å². The summed E-state index contributed by atoms with van der Waals surface area (Å²) in [6.45, 7) is 8.84. The van der Waals surface area contributed by atoms with Crippen LogP contribution < -0.4 is 15.0 Å². The Bertz CT molecular complexity index is 1460. The lowest BCUT2D eigenvalue weighted by Gasteiger charge is -2.35. The summed E-state index contributed by atoms with van der Waals surface area (Å²) in [5, 5.41) is 8.47. The Morgan fingerprint density at radius 3 is 2.71 bits per heavy atom. The molecular formula is C27H32N8O3. The first-order valence-electron chi connectivity index (χ1n) is 12.6. The van der Waals surface area contributed by atoms with Crippen molar-refractivity contribution in [3.8, 4) is 23.0 Å². The molecule has 1 aliphatic heterocycles. The van der Waals surface area contributed by atoms with Crippen molar-refractivity contribution in [1.29, 1.82) is 0 Å². The highest BCUT2D eigenvalue weighted by Gasteiger charge is 2.27. The van der Waals surface area contributed by atoms with E-state index in [2.05, 4.69) is 30.3 Å². The van der Waals surface area contributed by atoms with Crippen LogP contribution in [-0.2, 0) is 4.74 Å². The third-order valence-electron chi connectivity index (χ3n) is 6.17. The minimum Gasteiger partial charge on any atom is -0.493 e. The second kappa shape index (κ2) is 10.2. The summed E-state index contributed by atoms with van der Waals surface area (Å²) in [5.74, 6) is 1.99. The lowest BCUT2D eigenvalue weighted by Crippen LogP contribution is -2.49. The van der Waals surface area contributed by atoms with Crippen LogP contribution >= 0.6 is 0 Å². The fourth-order valence-electron chi connectivity index (χ4n) is 4.52. The molecule has 0 aliphatic carbocycles. The SMILES string of the molecule is COc1ccc(-n2ncc3cnc(-c4cncc(C)n4)cc32)nc1N1CCC[C@H](NC(=O)OC(C)(C)C)C1. The molecule has 0 spiro atoms. The van der Waals surface area contributed by atoms with Crippen LogP contribution in [0.15, 0.2) is 43.0 Å². The van der Waals surface area contributed by atoms with Crippen LogP contribution in [0.4, 0.5) is 10.6 Å². The van der Waals surface area contributed by atoms with Crippen LogP contribution in [0.3, 0.4) is 0 Å². The molecule has 1 atom stereocenters. The van der Waals surface area contributed by atoms with Gasteiger partial charge in [0.1, 0.15) is 11.3 Å². The first-order valence-corrected chi connectivity index (χ1v) is 12.6. The van der Waals surface area contributed by atoms with Crippen molar-refractivity contribution in [2.75, 3.05) is 25.1 Å². The molecule has 38 heavy (non-hydrogen) atoms. The van der Waals surface area contributed by atoms with Crippen LogP contribution in [0, 0.1) is 6.92 Å². The number of rotatable bonds is 5. The number of pyridine rings is 2. The maximum absolute atomic E-state index is 12.4. The third-order valence-corrected chi connectivity index (χ3v) is 6.17. The molecule has 4 aromatic heterocycles. The average Bonchev–Trinajstić information content (AvgIpc) is 3.30. The molecule has 198 valence electrons. The molecule has 5 rings (SSSR count). The molecule has 4 aromatic rings. The number of amides is 1. The van der Waals surface area contributed by atoms with Crippen LogP contribution in [0.25, 0.3) is 28.1 Å². The number of aryl methyl sites for hydroxylation is 1. The summed E-state index contributed by atoms with van der Waals surface area (Å²) in [6.07, 6.45) is 8.30. The van der Waals surface area contributed by atoms with E-state index in [1.54, 1.807) is 36.6 Å². The van der Waals surface area contributed by atoms with Crippen molar-refractivity contribution in [2.45, 2.75) is 52.2 Å². The van der Waals surface area contributed by atoms with Crippen molar-refractivity contribution in [2.24, 2.45) is 0 Å². The number of fused-ring (bicyclic) bond motifs is 1. The summed E-state index contributed by atoms with van der Waals surface area (Å²) >= 11 is 0. The van der Waals surface area contributed by atoms with E-state index in [9.17, 15) is 4.79 Å². The Morgan fingerprint density at radius 1 is 1.11 bits per heavy atom. The van der Waals surface area contributed by atoms with E-state index in [1.165, 1.54) is 0 Å². The molecule has 0 unspecified atom stereocenters. The smallest absolute Gasteiger partial charge is 0.407 e. The molecule has 0 aromatic carbocycles. The Balaban J connectivity index is 1.44. The van der Waals surface area contributed by atoms with Gasteiger partial charge in [0.2, 0.25) is 0 Å². The lowest BCUT2D eigenvalue weighted by molar-refractivity contribution is 0.0500. The largest absolute Gasteiger partial charge is 0.493 e. The summed E-state index contributed by atoms with van der Waals surface area (Å²) in [4.78, 5) is 32.8. The van der Waals surface area contributed by atoms with Gasteiger partial charge in [-0.05, 0) is 58.7 Å². The van der Waals surface area contributed by atoms with Crippen molar-refractivity contribution in [3.05, 3.63) is 48.7 Å². The predicted octanol–water partition coefficient (Wildman–Crippen LogP) is 4.08. The van der Waals surface area contributed by atoms with Gasteiger partial charge >= 0.3 is 6.09 Å². The number of carbonyl (C=O) groups is 1. The summed E-state index contributed by atoms with van der Waals surface area (Å²) < 4.78 is 12.9. The van der Waals surface area contributed by atoms with Crippen LogP contribution in [0.2, 0.25) is 0 Å². The van der Waals surface area contributed by atoms with Gasteiger partial charge in [0, 0.05) is 36.9 Å². The van der Waals surface area contributed by atoms with Gasteiger partial charge < -0.3 is 19.7 Å². The zero-order chi connectivity index (χ0) is 26.9. The van der Waals surface area contributed by atoms with Gasteiger partial charge in [0.05, 0.1) is 36.4 Å². The lowest BCUT2D eigenvalue weighted by atomic mass is 10.1. The average molecular weight is 517 g/mol. The molecule has 1 saturated heterocycles. The number of carbonyl (C=O) groups excluding carboxylic acids is 1. The zero-order valence-corrected chi connectivity index (χ0v) is 22.3. The first kappa shape index (κ1) is 25.4. The van der Waals surface area contributed by atoms with Gasteiger partial charge in [0.15, 0.2) is 17.4 Å². The number of hydrogen-bond donors (Lipinski definition) is 1. The van der Waals surface area contributed by atoms with Gasteiger partial charge in [-0.1, -0.05) is 0 Å². The fraction of sp³-hybridized carbons (Fsp3) is 0.407. The highest BCUT2D eigenvalue weighted by atomic mass is 16.6. The van der Waals surface area contributed by atoms with Crippen molar-refractivity contribution in [3.63, 3.8) is 0 Å². The minimum absolute atomic E-state index is 0.0663. The number of nitrogens with zero attached hydrogens (tertiary/aromatic N) is 7. The van der Waals surface area contributed by atoms with Gasteiger partial charge in [-0.25, -0.2) is 19.4 Å². The third kappa shape index (κ3) is 5.51. The Kier molecular flexibility index (Phi) is 6.83. The van der Waals surface area contributed by atoms with E-state index in [4.69, 9.17) is 14.5 Å². The predicted molar refractivity (Wildman–Crippen MR) is 144 cm³/mol. The van der Waals surface area contributed by atoms with Crippen molar-refractivity contribution < 1.29 is 14.3 Å². The Morgan fingerprint density at radius 2 is 1.95 bits per heavy atom. The molecule has 1 N–H and O–H groups in total. The maximum Gasteiger partial charge on any atom is 0.407 e. The summed E-state index contributed by atoms with van der Waals surface area (Å²) in [5.41, 5.74) is 2.52. The van der Waals surface area contributed by atoms with Gasteiger partial charge in [0.25, 0.3) is 0 Å². The second-order valence-corrected chi connectivity index (χ2v) is 10.4. The monoisotopic (exact) mass is 516 g/mol. The molecule has 5 heterocycles. The Labute approximate surface area is 221 Å². The molecule has 1 aliphatic rings. The normalized spacial score (nSPS) is 15.9. The molecular weight excluding hydrogens is 484 g/mol. The summed E-state index contributed by atoms with van der Waals surface area (Å²) in [6, 6.07) is 5.65. The highest BCUT2D eigenvalue weighted by molar-refractivity contribution is 5.82. The van der Waals surface area contributed by atoms with Crippen LogP contribution in [0.5, 0.6) is 5.75 Å². The number of alkyl carbamates (subject to hydrolysis) is 1. The fourth-order valence-corrected chi connectivity index (χ4v) is 4.52. The van der Waals surface area contributed by atoms with Crippen LogP contribution in [-0.4, -0.2) is 67.7 Å². The number of nitrogens with one attached hydrogen (secondary N) is 1. The van der Waals surface area contributed by atoms with Crippen LogP contribution in [0.1, 0.15) is 39.3 Å². The van der Waals surface area contributed by atoms with Gasteiger partial charge in [-0.15, -0.1) is 0 Å². The number of hydrogen-bond acceptors (Lipinski definition) is 9. The molecule has 1 fully saturated rings. The van der Waals surface area contributed by atoms with E-state index in [1.807, 2.05) is 45.9 Å². The molecule has 11 heteroatoms. The van der Waals surface area contributed by atoms with E-state index in [0.29, 0.717) is 35.3 Å². The number of aromatic nitrogens is 6. The van der Waals surface area contributed by atoms with E-state index in [0.717, 1.165) is 36.0 Å². The van der Waals surface area contributed by atoms with E-state index in [-0.39, 0.29) is 6.04 Å².